The number of unbranched alkanes of at least 4 members (excludes halogenated alkanes) is 5. The molecule has 1 unspecified atom stereocenters. The van der Waals surface area contributed by atoms with Gasteiger partial charge in [-0.3, -0.25) is 9.00 Å². The predicted molar refractivity (Wildman–Crippen MR) is 142 cm³/mol. The van der Waals surface area contributed by atoms with Gasteiger partial charge in [-0.2, -0.15) is 0 Å². The highest BCUT2D eigenvalue weighted by atomic mass is 32.2. The Morgan fingerprint density at radius 1 is 1.17 bits per heavy atom. The van der Waals surface area contributed by atoms with Crippen LogP contribution >= 0.6 is 0 Å². The smallest absolute Gasteiger partial charge is 0.255 e. The summed E-state index contributed by atoms with van der Waals surface area (Å²) in [6, 6.07) is 9.83. The summed E-state index contributed by atoms with van der Waals surface area (Å²) in [5.41, 5.74) is 4.48. The molecule has 36 heavy (non-hydrogen) atoms. The fourth-order valence-corrected chi connectivity index (χ4v) is 5.16. The molecule has 1 aliphatic rings. The molecule has 7 nitrogen and oxygen atoms in total. The maximum absolute atomic E-state index is 12.9. The van der Waals surface area contributed by atoms with Gasteiger partial charge in [0.25, 0.3) is 5.91 Å². The van der Waals surface area contributed by atoms with E-state index in [0.29, 0.717) is 40.6 Å². The Morgan fingerprint density at radius 2 is 1.86 bits per heavy atom. The number of nitrogens with zero attached hydrogens (tertiary/aromatic N) is 2. The number of hydrogen-bond donors (Lipinski definition) is 1. The first-order chi connectivity index (χ1) is 17.4. The Balaban J connectivity index is 1.67. The number of nitrogens with one attached hydrogen (secondary N) is 1. The van der Waals surface area contributed by atoms with Crippen molar-refractivity contribution in [3.05, 3.63) is 52.7 Å². The zero-order valence-corrected chi connectivity index (χ0v) is 22.3. The Kier molecular flexibility index (Phi) is 8.93. The van der Waals surface area contributed by atoms with Crippen molar-refractivity contribution in [1.29, 1.82) is 0 Å². The minimum Gasteiger partial charge on any atom is -0.760 e. The van der Waals surface area contributed by atoms with Crippen LogP contribution in [0, 0.1) is 6.92 Å². The second-order valence-electron chi connectivity index (χ2n) is 9.75. The van der Waals surface area contributed by atoms with Gasteiger partial charge in [0.1, 0.15) is 5.76 Å². The number of aryl methyl sites for hydroxylation is 1. The van der Waals surface area contributed by atoms with E-state index in [9.17, 15) is 13.6 Å². The highest BCUT2D eigenvalue weighted by Gasteiger charge is 2.31. The summed E-state index contributed by atoms with van der Waals surface area (Å²) < 4.78 is 31.7. The van der Waals surface area contributed by atoms with Crippen LogP contribution < -0.4 is 5.32 Å². The SMILES string of the molecule is CCCCCCCCN(Cc1nc2oc(-c3ccc(C)cc3)c(C(=O)NC)c2cc1C1CC1)S(=O)[O-]. The summed E-state index contributed by atoms with van der Waals surface area (Å²) >= 11 is -2.34. The standard InChI is InChI=1S/C28H37N3O4S/c1-4-5-6-7-8-9-16-31(36(33)34)18-24-22(20-14-15-20)17-23-25(27(32)29-3)26(35-28(23)30-24)21-12-10-19(2)11-13-21/h10-13,17,20H,4-9,14-16,18H2,1-3H3,(H,29,32)(H,33,34)/p-1. The predicted octanol–water partition coefficient (Wildman–Crippen LogP) is 6.00. The molecule has 0 radical (unpaired) electrons. The van der Waals surface area contributed by atoms with E-state index in [4.69, 9.17) is 9.40 Å². The number of rotatable bonds is 13. The van der Waals surface area contributed by atoms with E-state index in [1.807, 2.05) is 37.3 Å². The number of furan rings is 1. The number of fused-ring (bicyclic) bond motifs is 1. The number of aromatic nitrogens is 1. The molecular weight excluding hydrogens is 474 g/mol. The fourth-order valence-electron chi connectivity index (χ4n) is 4.65. The number of amides is 1. The summed E-state index contributed by atoms with van der Waals surface area (Å²) in [5, 5.41) is 3.40. The van der Waals surface area contributed by atoms with Crippen molar-refractivity contribution in [3.8, 4) is 11.3 Å². The Bertz CT molecular complexity index is 1220. The van der Waals surface area contributed by atoms with Gasteiger partial charge in [0.15, 0.2) is 0 Å². The van der Waals surface area contributed by atoms with Gasteiger partial charge in [-0.05, 0) is 43.7 Å². The first-order valence-corrected chi connectivity index (χ1v) is 14.1. The molecule has 1 atom stereocenters. The van der Waals surface area contributed by atoms with Crippen molar-refractivity contribution in [2.45, 2.75) is 77.7 Å². The largest absolute Gasteiger partial charge is 0.760 e. The van der Waals surface area contributed by atoms with Gasteiger partial charge in [0, 0.05) is 30.4 Å². The van der Waals surface area contributed by atoms with E-state index in [2.05, 4.69) is 12.2 Å². The van der Waals surface area contributed by atoms with Crippen LogP contribution in [0.5, 0.6) is 0 Å². The van der Waals surface area contributed by atoms with Gasteiger partial charge in [-0.25, -0.2) is 9.29 Å². The van der Waals surface area contributed by atoms with E-state index < -0.39 is 11.3 Å². The monoisotopic (exact) mass is 510 g/mol. The van der Waals surface area contributed by atoms with Crippen LogP contribution in [0.25, 0.3) is 22.4 Å². The van der Waals surface area contributed by atoms with Gasteiger partial charge >= 0.3 is 0 Å². The van der Waals surface area contributed by atoms with Crippen LogP contribution in [-0.4, -0.2) is 37.6 Å². The van der Waals surface area contributed by atoms with E-state index in [-0.39, 0.29) is 12.5 Å². The Labute approximate surface area is 216 Å². The quantitative estimate of drug-likeness (QED) is 0.225. The molecule has 0 aliphatic heterocycles. The topological polar surface area (TPSA) is 98.5 Å². The summed E-state index contributed by atoms with van der Waals surface area (Å²) in [5.74, 6) is 0.584. The fraction of sp³-hybridized carbons (Fsp3) is 0.500. The first-order valence-electron chi connectivity index (χ1n) is 13.0. The zero-order chi connectivity index (χ0) is 25.7. The Hall–Kier alpha value is -2.55. The van der Waals surface area contributed by atoms with Crippen LogP contribution in [0.15, 0.2) is 34.7 Å². The number of carbonyl (C=O) groups excluding carboxylic acids is 1. The molecule has 0 bridgehead atoms. The number of carbonyl (C=O) groups is 1. The van der Waals surface area contributed by atoms with Gasteiger partial charge in [0.05, 0.1) is 23.2 Å². The van der Waals surface area contributed by atoms with E-state index in [1.165, 1.54) is 23.6 Å². The molecule has 0 saturated heterocycles. The third-order valence-corrected chi connectivity index (χ3v) is 7.61. The van der Waals surface area contributed by atoms with Gasteiger partial charge in [0.2, 0.25) is 5.71 Å². The average molecular weight is 511 g/mol. The highest BCUT2D eigenvalue weighted by Crippen LogP contribution is 2.44. The molecule has 1 saturated carbocycles. The van der Waals surface area contributed by atoms with E-state index in [0.717, 1.165) is 48.8 Å². The van der Waals surface area contributed by atoms with Crippen molar-refractivity contribution in [2.75, 3.05) is 13.6 Å². The van der Waals surface area contributed by atoms with Gasteiger partial charge in [-0.1, -0.05) is 68.9 Å². The molecule has 0 spiro atoms. The maximum atomic E-state index is 12.9. The lowest BCUT2D eigenvalue weighted by molar-refractivity contribution is 0.0964. The molecule has 2 heterocycles. The minimum atomic E-state index is -2.34. The van der Waals surface area contributed by atoms with Crippen molar-refractivity contribution in [2.24, 2.45) is 0 Å². The molecule has 2 aromatic heterocycles. The lowest BCUT2D eigenvalue weighted by Gasteiger charge is -2.24. The molecular formula is C28H36N3O4S-. The summed E-state index contributed by atoms with van der Waals surface area (Å²) in [6.07, 6.45) is 8.65. The molecule has 1 aliphatic carbocycles. The van der Waals surface area contributed by atoms with Crippen molar-refractivity contribution in [1.82, 2.24) is 14.6 Å². The number of pyridine rings is 1. The average Bonchev–Trinajstić information content (AvgIpc) is 3.65. The molecule has 1 fully saturated rings. The van der Waals surface area contributed by atoms with Gasteiger partial charge < -0.3 is 14.3 Å². The third-order valence-electron chi connectivity index (χ3n) is 6.88. The summed E-state index contributed by atoms with van der Waals surface area (Å²) in [7, 11) is 1.60. The van der Waals surface area contributed by atoms with E-state index in [1.54, 1.807) is 7.05 Å². The maximum Gasteiger partial charge on any atom is 0.255 e. The molecule has 194 valence electrons. The lowest BCUT2D eigenvalue weighted by Crippen LogP contribution is -2.27. The molecule has 8 heteroatoms. The number of benzene rings is 1. The minimum absolute atomic E-state index is 0.211. The van der Waals surface area contributed by atoms with Crippen LogP contribution in [0.4, 0.5) is 0 Å². The summed E-state index contributed by atoms with van der Waals surface area (Å²) in [4.78, 5) is 17.7. The first kappa shape index (κ1) is 26.5. The molecule has 1 aromatic carbocycles. The highest BCUT2D eigenvalue weighted by molar-refractivity contribution is 7.76. The van der Waals surface area contributed by atoms with Crippen molar-refractivity contribution in [3.63, 3.8) is 0 Å². The van der Waals surface area contributed by atoms with Crippen LogP contribution in [0.3, 0.4) is 0 Å². The second-order valence-corrected chi connectivity index (χ2v) is 10.7. The van der Waals surface area contributed by atoms with Crippen molar-refractivity contribution >= 4 is 28.3 Å². The zero-order valence-electron chi connectivity index (χ0n) is 21.5. The lowest BCUT2D eigenvalue weighted by atomic mass is 10.0. The summed E-state index contributed by atoms with van der Waals surface area (Å²) in [6.45, 7) is 4.88. The molecule has 1 N–H and O–H groups in total. The molecule has 1 amide bonds. The van der Waals surface area contributed by atoms with Gasteiger partial charge in [-0.15, -0.1) is 0 Å². The molecule has 4 rings (SSSR count). The molecule has 3 aromatic rings. The Morgan fingerprint density at radius 3 is 2.50 bits per heavy atom. The normalized spacial score (nSPS) is 14.5. The van der Waals surface area contributed by atoms with Crippen LogP contribution in [0.1, 0.15) is 91.4 Å². The van der Waals surface area contributed by atoms with E-state index >= 15 is 0 Å². The third kappa shape index (κ3) is 6.22. The van der Waals surface area contributed by atoms with Crippen LogP contribution in [-0.2, 0) is 17.8 Å². The van der Waals surface area contributed by atoms with Crippen LogP contribution in [0.2, 0.25) is 0 Å². The second kappa shape index (κ2) is 12.1. The van der Waals surface area contributed by atoms with Crippen molar-refractivity contribution < 1.29 is 18.0 Å². The number of hydrogen-bond acceptors (Lipinski definition) is 5.